The Labute approximate surface area is 146 Å². The van der Waals surface area contributed by atoms with Crippen molar-refractivity contribution in [3.05, 3.63) is 29.1 Å². The molecule has 0 aliphatic rings. The first-order chi connectivity index (χ1) is 11.2. The molecule has 0 aliphatic carbocycles. The molecule has 0 saturated carbocycles. The molecular formula is C20H32FNO2. The molecule has 0 N–H and O–H groups in total. The molecule has 4 heteroatoms. The Morgan fingerprint density at radius 3 is 2.12 bits per heavy atom. The number of anilines is 1. The van der Waals surface area contributed by atoms with E-state index in [-0.39, 0.29) is 29.9 Å². The first-order valence-corrected chi connectivity index (χ1v) is 8.92. The predicted molar refractivity (Wildman–Crippen MR) is 98.0 cm³/mol. The summed E-state index contributed by atoms with van der Waals surface area (Å²) in [6.07, 6.45) is 1.84. The van der Waals surface area contributed by atoms with E-state index in [1.807, 2.05) is 39.8 Å². The minimum Gasteiger partial charge on any atom is -0.461 e. The maximum atomic E-state index is 14.0. The van der Waals surface area contributed by atoms with Crippen LogP contribution in [-0.2, 0) is 9.53 Å². The molecule has 136 valence electrons. The van der Waals surface area contributed by atoms with Crippen LogP contribution in [0.1, 0.15) is 58.6 Å². The number of carbonyl (C=O) groups is 1. The fraction of sp³-hybridized carbons (Fsp3) is 0.650. The Bertz CT molecular complexity index is 532. The van der Waals surface area contributed by atoms with Crippen molar-refractivity contribution in [1.82, 2.24) is 0 Å². The van der Waals surface area contributed by atoms with Gasteiger partial charge in [0.15, 0.2) is 0 Å². The third kappa shape index (κ3) is 5.22. The monoisotopic (exact) mass is 337 g/mol. The number of aryl methyl sites for hydroxylation is 2. The average molecular weight is 337 g/mol. The molecule has 1 aromatic rings. The molecule has 1 atom stereocenters. The van der Waals surface area contributed by atoms with Crippen LogP contribution in [0.2, 0.25) is 0 Å². The van der Waals surface area contributed by atoms with Crippen LogP contribution in [0.5, 0.6) is 0 Å². The zero-order chi connectivity index (χ0) is 18.4. The molecular weight excluding hydrogens is 305 g/mol. The van der Waals surface area contributed by atoms with E-state index in [0.29, 0.717) is 11.1 Å². The van der Waals surface area contributed by atoms with E-state index in [1.165, 1.54) is 0 Å². The number of benzene rings is 1. The van der Waals surface area contributed by atoms with Gasteiger partial charge in [0.1, 0.15) is 11.9 Å². The number of unbranched alkanes of at least 4 members (excludes halogenated alkanes) is 1. The van der Waals surface area contributed by atoms with Crippen molar-refractivity contribution in [2.24, 2.45) is 5.92 Å². The van der Waals surface area contributed by atoms with Crippen molar-refractivity contribution in [2.75, 3.05) is 11.4 Å². The van der Waals surface area contributed by atoms with Crippen LogP contribution < -0.4 is 4.90 Å². The van der Waals surface area contributed by atoms with E-state index in [1.54, 1.807) is 13.8 Å². The number of esters is 1. The lowest BCUT2D eigenvalue weighted by Gasteiger charge is -2.35. The van der Waals surface area contributed by atoms with Crippen molar-refractivity contribution in [3.8, 4) is 0 Å². The molecule has 0 fully saturated rings. The van der Waals surface area contributed by atoms with Gasteiger partial charge in [-0.2, -0.15) is 0 Å². The van der Waals surface area contributed by atoms with Gasteiger partial charge in [0.2, 0.25) is 0 Å². The quantitative estimate of drug-likeness (QED) is 0.623. The molecule has 0 amide bonds. The zero-order valence-electron chi connectivity index (χ0n) is 16.1. The summed E-state index contributed by atoms with van der Waals surface area (Å²) in [7, 11) is 0. The van der Waals surface area contributed by atoms with Gasteiger partial charge in [0.25, 0.3) is 0 Å². The Hall–Kier alpha value is -1.58. The van der Waals surface area contributed by atoms with Gasteiger partial charge in [0, 0.05) is 12.2 Å². The molecule has 0 aliphatic heterocycles. The molecule has 1 rings (SSSR count). The smallest absolute Gasteiger partial charge is 0.329 e. The topological polar surface area (TPSA) is 29.5 Å². The predicted octanol–water partition coefficient (Wildman–Crippen LogP) is 5.03. The van der Waals surface area contributed by atoms with Gasteiger partial charge in [-0.05, 0) is 63.3 Å². The standard InChI is InChI=1S/C20H32FNO2/c1-8-9-10-22(17-11-15(6)18(21)16(7)12-17)19(13(2)3)20(23)24-14(4)5/h11-14,19H,8-10H2,1-7H3. The Morgan fingerprint density at radius 2 is 1.71 bits per heavy atom. The molecule has 24 heavy (non-hydrogen) atoms. The van der Waals surface area contributed by atoms with Crippen LogP contribution >= 0.6 is 0 Å². The summed E-state index contributed by atoms with van der Waals surface area (Å²) >= 11 is 0. The normalized spacial score (nSPS) is 12.6. The van der Waals surface area contributed by atoms with Crippen LogP contribution in [0.3, 0.4) is 0 Å². The maximum absolute atomic E-state index is 14.0. The Kier molecular flexibility index (Phi) is 7.71. The van der Waals surface area contributed by atoms with Gasteiger partial charge in [-0.15, -0.1) is 0 Å². The third-order valence-electron chi connectivity index (χ3n) is 4.07. The van der Waals surface area contributed by atoms with E-state index in [4.69, 9.17) is 4.74 Å². The van der Waals surface area contributed by atoms with Gasteiger partial charge in [0.05, 0.1) is 6.10 Å². The second-order valence-electron chi connectivity index (χ2n) is 7.11. The van der Waals surface area contributed by atoms with Crippen molar-refractivity contribution >= 4 is 11.7 Å². The maximum Gasteiger partial charge on any atom is 0.329 e. The van der Waals surface area contributed by atoms with Gasteiger partial charge >= 0.3 is 5.97 Å². The molecule has 0 spiro atoms. The third-order valence-corrected chi connectivity index (χ3v) is 4.07. The molecule has 1 aromatic carbocycles. The number of halogens is 1. The van der Waals surface area contributed by atoms with E-state index in [2.05, 4.69) is 11.8 Å². The fourth-order valence-corrected chi connectivity index (χ4v) is 2.91. The van der Waals surface area contributed by atoms with Crippen molar-refractivity contribution in [2.45, 2.75) is 73.5 Å². The van der Waals surface area contributed by atoms with E-state index in [9.17, 15) is 9.18 Å². The summed E-state index contributed by atoms with van der Waals surface area (Å²) < 4.78 is 19.5. The van der Waals surface area contributed by atoms with Crippen LogP contribution in [0.25, 0.3) is 0 Å². The highest BCUT2D eigenvalue weighted by Gasteiger charge is 2.31. The SMILES string of the molecule is CCCCN(c1cc(C)c(F)c(C)c1)C(C(=O)OC(C)C)C(C)C. The van der Waals surface area contributed by atoms with E-state index < -0.39 is 0 Å². The minimum atomic E-state index is -0.372. The lowest BCUT2D eigenvalue weighted by molar-refractivity contribution is -0.150. The number of hydrogen-bond donors (Lipinski definition) is 0. The number of rotatable bonds is 8. The van der Waals surface area contributed by atoms with Gasteiger partial charge < -0.3 is 9.64 Å². The summed E-state index contributed by atoms with van der Waals surface area (Å²) in [4.78, 5) is 14.8. The summed E-state index contributed by atoms with van der Waals surface area (Å²) in [5, 5.41) is 0. The highest BCUT2D eigenvalue weighted by molar-refractivity contribution is 5.80. The Morgan fingerprint density at radius 1 is 1.17 bits per heavy atom. The molecule has 3 nitrogen and oxygen atoms in total. The van der Waals surface area contributed by atoms with Crippen LogP contribution in [0, 0.1) is 25.6 Å². The highest BCUT2D eigenvalue weighted by Crippen LogP contribution is 2.27. The molecule has 0 aromatic heterocycles. The van der Waals surface area contributed by atoms with E-state index in [0.717, 1.165) is 25.1 Å². The van der Waals surface area contributed by atoms with Crippen molar-refractivity contribution < 1.29 is 13.9 Å². The average Bonchev–Trinajstić information content (AvgIpc) is 2.47. The summed E-state index contributed by atoms with van der Waals surface area (Å²) in [6, 6.07) is 3.29. The van der Waals surface area contributed by atoms with Crippen LogP contribution in [0.4, 0.5) is 10.1 Å². The van der Waals surface area contributed by atoms with Gasteiger partial charge in [-0.3, -0.25) is 0 Å². The lowest BCUT2D eigenvalue weighted by atomic mass is 9.99. The summed E-state index contributed by atoms with van der Waals surface area (Å²) in [5.74, 6) is -0.297. The van der Waals surface area contributed by atoms with Gasteiger partial charge in [-0.25, -0.2) is 9.18 Å². The Balaban J connectivity index is 3.28. The highest BCUT2D eigenvalue weighted by atomic mass is 19.1. The molecule has 0 bridgehead atoms. The van der Waals surface area contributed by atoms with Crippen LogP contribution in [-0.4, -0.2) is 24.7 Å². The number of nitrogens with zero attached hydrogens (tertiary/aromatic N) is 1. The van der Waals surface area contributed by atoms with Crippen molar-refractivity contribution in [3.63, 3.8) is 0 Å². The van der Waals surface area contributed by atoms with Crippen molar-refractivity contribution in [1.29, 1.82) is 0 Å². The van der Waals surface area contributed by atoms with E-state index >= 15 is 0 Å². The molecule has 0 saturated heterocycles. The lowest BCUT2D eigenvalue weighted by Crippen LogP contribution is -2.47. The van der Waals surface area contributed by atoms with Gasteiger partial charge in [-0.1, -0.05) is 27.2 Å². The second kappa shape index (κ2) is 9.05. The first-order valence-electron chi connectivity index (χ1n) is 8.92. The number of carbonyl (C=O) groups excluding carboxylic acids is 1. The summed E-state index contributed by atoms with van der Waals surface area (Å²) in [5.41, 5.74) is 2.09. The van der Waals surface area contributed by atoms with Crippen LogP contribution in [0.15, 0.2) is 12.1 Å². The molecule has 0 radical (unpaired) electrons. The summed E-state index contributed by atoms with van der Waals surface area (Å²) in [6.45, 7) is 14.2. The number of ether oxygens (including phenoxy) is 1. The zero-order valence-corrected chi connectivity index (χ0v) is 16.1. The molecule has 1 unspecified atom stereocenters. The fourth-order valence-electron chi connectivity index (χ4n) is 2.91. The second-order valence-corrected chi connectivity index (χ2v) is 7.11. The largest absolute Gasteiger partial charge is 0.461 e. The number of hydrogen-bond acceptors (Lipinski definition) is 3. The molecule has 0 heterocycles. The minimum absolute atomic E-state index is 0.0961. The first kappa shape index (κ1) is 20.5.